The molecule has 0 aliphatic rings. The van der Waals surface area contributed by atoms with Gasteiger partial charge in [-0.3, -0.25) is 4.79 Å². The summed E-state index contributed by atoms with van der Waals surface area (Å²) in [4.78, 5) is 10.6. The fourth-order valence-electron chi connectivity index (χ4n) is 1.28. The molecule has 5 heteroatoms. The van der Waals surface area contributed by atoms with E-state index in [-0.39, 0.29) is 17.1 Å². The molecule has 0 radical (unpaired) electrons. The molecule has 1 aromatic rings. The van der Waals surface area contributed by atoms with Crippen LogP contribution >= 0.6 is 0 Å². The molecular formula is C11H10F2O3. The third-order valence-corrected chi connectivity index (χ3v) is 1.96. The standard InChI is InChI=1S/C11H10F2O3/c1-15-9-3-7(6-14)4-10(16-2)8(9)5-11(12)13/h3-6H,1-2H3. The van der Waals surface area contributed by atoms with Crippen molar-refractivity contribution in [3.05, 3.63) is 29.3 Å². The maximum atomic E-state index is 12.2. The minimum atomic E-state index is -1.87. The molecular weight excluding hydrogens is 218 g/mol. The highest BCUT2D eigenvalue weighted by molar-refractivity contribution is 5.80. The van der Waals surface area contributed by atoms with Gasteiger partial charge in [-0.25, -0.2) is 0 Å². The number of methoxy groups -OCH3 is 2. The first-order valence-corrected chi connectivity index (χ1v) is 4.36. The van der Waals surface area contributed by atoms with Crippen molar-refractivity contribution in [1.82, 2.24) is 0 Å². The van der Waals surface area contributed by atoms with Crippen molar-refractivity contribution in [3.63, 3.8) is 0 Å². The summed E-state index contributed by atoms with van der Waals surface area (Å²) in [6.45, 7) is 0. The van der Waals surface area contributed by atoms with Gasteiger partial charge in [-0.15, -0.1) is 0 Å². The van der Waals surface area contributed by atoms with Crippen molar-refractivity contribution < 1.29 is 23.0 Å². The molecule has 0 N–H and O–H groups in total. The fourth-order valence-corrected chi connectivity index (χ4v) is 1.28. The van der Waals surface area contributed by atoms with E-state index in [1.165, 1.54) is 26.4 Å². The molecule has 0 aromatic heterocycles. The fraction of sp³-hybridized carbons (Fsp3) is 0.182. The maximum absolute atomic E-state index is 12.2. The summed E-state index contributed by atoms with van der Waals surface area (Å²) in [5.41, 5.74) is 0.403. The predicted octanol–water partition coefficient (Wildman–Crippen LogP) is 2.75. The Hall–Kier alpha value is -1.91. The zero-order valence-electron chi connectivity index (χ0n) is 8.79. The Morgan fingerprint density at radius 2 is 1.69 bits per heavy atom. The number of carbonyl (C=O) groups is 1. The Kier molecular flexibility index (Phi) is 3.99. The van der Waals surface area contributed by atoms with Crippen molar-refractivity contribution in [2.75, 3.05) is 14.2 Å². The lowest BCUT2D eigenvalue weighted by molar-refractivity contribution is 0.112. The second-order valence-corrected chi connectivity index (χ2v) is 2.89. The van der Waals surface area contributed by atoms with Crippen LogP contribution in [0.5, 0.6) is 11.5 Å². The van der Waals surface area contributed by atoms with Gasteiger partial charge in [-0.2, -0.15) is 8.78 Å². The lowest BCUT2D eigenvalue weighted by atomic mass is 10.1. The van der Waals surface area contributed by atoms with Gasteiger partial charge in [0, 0.05) is 11.6 Å². The topological polar surface area (TPSA) is 35.5 Å². The molecule has 0 aliphatic carbocycles. The number of aldehydes is 1. The van der Waals surface area contributed by atoms with Crippen LogP contribution in [-0.2, 0) is 0 Å². The predicted molar refractivity (Wildman–Crippen MR) is 55.1 cm³/mol. The average Bonchev–Trinajstić information content (AvgIpc) is 2.28. The second kappa shape index (κ2) is 5.25. The zero-order chi connectivity index (χ0) is 12.1. The molecule has 16 heavy (non-hydrogen) atoms. The number of hydrogen-bond acceptors (Lipinski definition) is 3. The average molecular weight is 228 g/mol. The highest BCUT2D eigenvalue weighted by Gasteiger charge is 2.11. The maximum Gasteiger partial charge on any atom is 0.271 e. The molecule has 0 spiro atoms. The number of carbonyl (C=O) groups excluding carboxylic acids is 1. The lowest BCUT2D eigenvalue weighted by Gasteiger charge is -2.10. The summed E-state index contributed by atoms with van der Waals surface area (Å²) in [6.07, 6.45) is -0.646. The highest BCUT2D eigenvalue weighted by atomic mass is 19.3. The Balaban J connectivity index is 3.43. The van der Waals surface area contributed by atoms with Gasteiger partial charge in [0.2, 0.25) is 0 Å². The largest absolute Gasteiger partial charge is 0.496 e. The van der Waals surface area contributed by atoms with E-state index in [1.807, 2.05) is 0 Å². The Labute approximate surface area is 91.3 Å². The molecule has 0 aliphatic heterocycles. The van der Waals surface area contributed by atoms with Crippen LogP contribution in [0.25, 0.3) is 6.08 Å². The first-order chi connectivity index (χ1) is 7.62. The van der Waals surface area contributed by atoms with E-state index < -0.39 is 6.08 Å². The molecule has 3 nitrogen and oxygen atoms in total. The van der Waals surface area contributed by atoms with E-state index in [2.05, 4.69) is 0 Å². The molecule has 0 amide bonds. The van der Waals surface area contributed by atoms with Gasteiger partial charge in [0.25, 0.3) is 6.08 Å². The van der Waals surface area contributed by atoms with Crippen LogP contribution in [0.2, 0.25) is 0 Å². The zero-order valence-corrected chi connectivity index (χ0v) is 8.79. The van der Waals surface area contributed by atoms with Crippen molar-refractivity contribution in [2.24, 2.45) is 0 Å². The number of ether oxygens (including phenoxy) is 2. The van der Waals surface area contributed by atoms with E-state index in [4.69, 9.17) is 9.47 Å². The van der Waals surface area contributed by atoms with Crippen LogP contribution in [0.3, 0.4) is 0 Å². The van der Waals surface area contributed by atoms with Gasteiger partial charge in [0.1, 0.15) is 17.8 Å². The van der Waals surface area contributed by atoms with Gasteiger partial charge >= 0.3 is 0 Å². The molecule has 0 fully saturated rings. The van der Waals surface area contributed by atoms with E-state index in [0.717, 1.165) is 0 Å². The van der Waals surface area contributed by atoms with Crippen LogP contribution in [0, 0.1) is 0 Å². The third-order valence-electron chi connectivity index (χ3n) is 1.96. The van der Waals surface area contributed by atoms with Gasteiger partial charge in [-0.05, 0) is 12.1 Å². The quantitative estimate of drug-likeness (QED) is 0.743. The van der Waals surface area contributed by atoms with E-state index in [0.29, 0.717) is 17.9 Å². The van der Waals surface area contributed by atoms with Crippen LogP contribution in [0.1, 0.15) is 15.9 Å². The molecule has 0 bridgehead atoms. The number of rotatable bonds is 4. The second-order valence-electron chi connectivity index (χ2n) is 2.89. The van der Waals surface area contributed by atoms with Crippen molar-refractivity contribution in [1.29, 1.82) is 0 Å². The Morgan fingerprint density at radius 1 is 1.19 bits per heavy atom. The van der Waals surface area contributed by atoms with Gasteiger partial charge in [0.05, 0.1) is 19.8 Å². The molecule has 1 rings (SSSR count). The molecule has 0 unspecified atom stereocenters. The molecule has 1 aromatic carbocycles. The minimum Gasteiger partial charge on any atom is -0.496 e. The summed E-state index contributed by atoms with van der Waals surface area (Å²) >= 11 is 0. The monoisotopic (exact) mass is 228 g/mol. The summed E-state index contributed by atoms with van der Waals surface area (Å²) in [7, 11) is 2.66. The van der Waals surface area contributed by atoms with Gasteiger partial charge in [0.15, 0.2) is 0 Å². The first kappa shape index (κ1) is 12.2. The highest BCUT2D eigenvalue weighted by Crippen LogP contribution is 2.32. The van der Waals surface area contributed by atoms with Gasteiger partial charge < -0.3 is 9.47 Å². The van der Waals surface area contributed by atoms with E-state index in [9.17, 15) is 13.6 Å². The molecule has 0 saturated heterocycles. The SMILES string of the molecule is COc1cc(C=O)cc(OC)c1C=C(F)F. The molecule has 86 valence electrons. The van der Waals surface area contributed by atoms with Gasteiger partial charge in [-0.1, -0.05) is 0 Å². The first-order valence-electron chi connectivity index (χ1n) is 4.36. The van der Waals surface area contributed by atoms with Crippen LogP contribution in [0.4, 0.5) is 8.78 Å². The summed E-state index contributed by atoms with van der Waals surface area (Å²) < 4.78 is 34.3. The summed E-state index contributed by atoms with van der Waals surface area (Å²) in [6, 6.07) is 2.73. The third kappa shape index (κ3) is 2.56. The summed E-state index contributed by atoms with van der Waals surface area (Å²) in [5, 5.41) is 0. The number of halogens is 2. The smallest absolute Gasteiger partial charge is 0.271 e. The van der Waals surface area contributed by atoms with Crippen molar-refractivity contribution in [3.8, 4) is 11.5 Å². The lowest BCUT2D eigenvalue weighted by Crippen LogP contribution is -1.95. The van der Waals surface area contributed by atoms with Crippen molar-refractivity contribution >= 4 is 12.4 Å². The Bertz CT molecular complexity index is 398. The molecule has 0 saturated carbocycles. The molecule has 0 atom stereocenters. The normalized spacial score (nSPS) is 9.50. The summed E-state index contributed by atoms with van der Waals surface area (Å²) in [5.74, 6) is 0.323. The van der Waals surface area contributed by atoms with E-state index in [1.54, 1.807) is 0 Å². The Morgan fingerprint density at radius 3 is 2.00 bits per heavy atom. The van der Waals surface area contributed by atoms with Crippen LogP contribution in [-0.4, -0.2) is 20.5 Å². The minimum absolute atomic E-state index is 0.107. The van der Waals surface area contributed by atoms with Crippen molar-refractivity contribution in [2.45, 2.75) is 0 Å². The number of hydrogen-bond donors (Lipinski definition) is 0. The molecule has 0 heterocycles. The van der Waals surface area contributed by atoms with E-state index >= 15 is 0 Å². The van der Waals surface area contributed by atoms with Crippen LogP contribution in [0.15, 0.2) is 18.2 Å². The van der Waals surface area contributed by atoms with Crippen LogP contribution < -0.4 is 9.47 Å². The number of benzene rings is 1.